The number of hydrogen-bond acceptors (Lipinski definition) is 6. The molecule has 9 nitrogen and oxygen atoms in total. The Balaban J connectivity index is 4.33. The number of carbonyl (C=O) groups excluding carboxylic acids is 3. The van der Waals surface area contributed by atoms with Crippen LogP contribution in [0.25, 0.3) is 0 Å². The number of carbonyl (C=O) groups is 4. The number of aliphatic carboxylic acids is 1. The van der Waals surface area contributed by atoms with Crippen LogP contribution in [0.3, 0.4) is 0 Å². The van der Waals surface area contributed by atoms with Crippen molar-refractivity contribution < 1.29 is 34.1 Å². The van der Waals surface area contributed by atoms with Gasteiger partial charge in [0.25, 0.3) is 0 Å². The molecule has 2 amide bonds. The van der Waals surface area contributed by atoms with E-state index in [9.17, 15) is 19.2 Å². The van der Waals surface area contributed by atoms with Crippen molar-refractivity contribution in [3.8, 4) is 0 Å². The maximum absolute atomic E-state index is 12.6. The van der Waals surface area contributed by atoms with Gasteiger partial charge >= 0.3 is 11.9 Å². The van der Waals surface area contributed by atoms with E-state index in [0.717, 1.165) is 83.5 Å². The molecule has 2 unspecified atom stereocenters. The van der Waals surface area contributed by atoms with Crippen LogP contribution in [0.1, 0.15) is 142 Å². The zero-order chi connectivity index (χ0) is 36.2. The van der Waals surface area contributed by atoms with Gasteiger partial charge in [0.1, 0.15) is 12.1 Å². The number of ether oxygens (including phenoxy) is 1. The average Bonchev–Trinajstić information content (AvgIpc) is 3.08. The first kappa shape index (κ1) is 45.5. The first-order valence-corrected chi connectivity index (χ1v) is 18.7. The summed E-state index contributed by atoms with van der Waals surface area (Å²) in [6.45, 7) is 3.25. The lowest BCUT2D eigenvalue weighted by Gasteiger charge is -2.15. The Morgan fingerprint density at radius 1 is 0.653 bits per heavy atom. The van der Waals surface area contributed by atoms with Crippen molar-refractivity contribution >= 4 is 23.8 Å². The fraction of sp³-hybridized carbons (Fsp3) is 0.650. The molecule has 0 aromatic heterocycles. The molecule has 0 bridgehead atoms. The van der Waals surface area contributed by atoms with E-state index in [0.29, 0.717) is 12.8 Å². The minimum absolute atomic E-state index is 0.149. The van der Waals surface area contributed by atoms with Crippen molar-refractivity contribution in [3.05, 3.63) is 60.8 Å². The SMILES string of the molecule is CC/C=C\C/C=C\C/C=C\CCCCCCCC(=O)OC(/C=C\C/C=C\CCCC)CCCCCCC(=O)NCC(=O)NC(CO)C(=O)O. The van der Waals surface area contributed by atoms with Crippen LogP contribution < -0.4 is 10.6 Å². The molecule has 278 valence electrons. The summed E-state index contributed by atoms with van der Waals surface area (Å²) >= 11 is 0. The van der Waals surface area contributed by atoms with Crippen LogP contribution in [-0.4, -0.2) is 59.3 Å². The maximum atomic E-state index is 12.6. The van der Waals surface area contributed by atoms with Gasteiger partial charge in [-0.2, -0.15) is 0 Å². The van der Waals surface area contributed by atoms with Crippen LogP contribution in [0.2, 0.25) is 0 Å². The topological polar surface area (TPSA) is 142 Å². The van der Waals surface area contributed by atoms with Gasteiger partial charge in [-0.05, 0) is 76.7 Å². The predicted molar refractivity (Wildman–Crippen MR) is 199 cm³/mol. The minimum atomic E-state index is -1.39. The van der Waals surface area contributed by atoms with Crippen LogP contribution in [0.5, 0.6) is 0 Å². The third-order valence-corrected chi connectivity index (χ3v) is 7.73. The number of allylic oxidation sites excluding steroid dienone is 9. The molecule has 0 aliphatic heterocycles. The molecule has 0 fully saturated rings. The van der Waals surface area contributed by atoms with Crippen molar-refractivity contribution in [1.82, 2.24) is 10.6 Å². The van der Waals surface area contributed by atoms with Crippen molar-refractivity contribution in [2.24, 2.45) is 0 Å². The van der Waals surface area contributed by atoms with Gasteiger partial charge in [-0.15, -0.1) is 0 Å². The Morgan fingerprint density at radius 2 is 1.22 bits per heavy atom. The Hall–Kier alpha value is -3.46. The summed E-state index contributed by atoms with van der Waals surface area (Å²) in [5.41, 5.74) is 0. The number of nitrogens with one attached hydrogen (secondary N) is 2. The highest BCUT2D eigenvalue weighted by atomic mass is 16.5. The minimum Gasteiger partial charge on any atom is -0.480 e. The average molecular weight is 687 g/mol. The number of unbranched alkanes of at least 4 members (excludes halogenated alkanes) is 10. The van der Waals surface area contributed by atoms with E-state index in [1.54, 1.807) is 0 Å². The van der Waals surface area contributed by atoms with Gasteiger partial charge in [0.15, 0.2) is 0 Å². The highest BCUT2D eigenvalue weighted by Crippen LogP contribution is 2.14. The van der Waals surface area contributed by atoms with Crippen LogP contribution in [-0.2, 0) is 23.9 Å². The highest BCUT2D eigenvalue weighted by Gasteiger charge is 2.18. The molecule has 0 aromatic carbocycles. The van der Waals surface area contributed by atoms with Gasteiger partial charge in [0.05, 0.1) is 13.2 Å². The second-order valence-corrected chi connectivity index (χ2v) is 12.3. The third kappa shape index (κ3) is 31.6. The van der Waals surface area contributed by atoms with Gasteiger partial charge in [0.2, 0.25) is 11.8 Å². The van der Waals surface area contributed by atoms with Crippen molar-refractivity contribution in [3.63, 3.8) is 0 Å². The number of aliphatic hydroxyl groups is 1. The number of amides is 2. The van der Waals surface area contributed by atoms with Gasteiger partial charge in [-0.25, -0.2) is 4.79 Å². The van der Waals surface area contributed by atoms with Gasteiger partial charge in [-0.3, -0.25) is 14.4 Å². The molecule has 0 saturated heterocycles. The smallest absolute Gasteiger partial charge is 0.328 e. The van der Waals surface area contributed by atoms with Crippen LogP contribution in [0.15, 0.2) is 60.8 Å². The summed E-state index contributed by atoms with van der Waals surface area (Å²) in [7, 11) is 0. The Bertz CT molecular complexity index is 1020. The van der Waals surface area contributed by atoms with Gasteiger partial charge < -0.3 is 25.6 Å². The normalized spacial score (nSPS) is 13.2. The Morgan fingerprint density at radius 3 is 1.88 bits per heavy atom. The zero-order valence-corrected chi connectivity index (χ0v) is 30.4. The lowest BCUT2D eigenvalue weighted by atomic mass is 10.1. The van der Waals surface area contributed by atoms with E-state index >= 15 is 0 Å². The Kier molecular flexibility index (Phi) is 32.0. The first-order chi connectivity index (χ1) is 23.8. The second kappa shape index (κ2) is 34.4. The number of carboxylic acids is 1. The fourth-order valence-electron chi connectivity index (χ4n) is 4.84. The largest absolute Gasteiger partial charge is 0.480 e. The second-order valence-electron chi connectivity index (χ2n) is 12.3. The molecule has 9 heteroatoms. The summed E-state index contributed by atoms with van der Waals surface area (Å²) < 4.78 is 5.84. The summed E-state index contributed by atoms with van der Waals surface area (Å²) in [6, 6.07) is -1.39. The van der Waals surface area contributed by atoms with Crippen LogP contribution in [0, 0.1) is 0 Å². The quantitative estimate of drug-likeness (QED) is 0.0318. The van der Waals surface area contributed by atoms with Crippen LogP contribution >= 0.6 is 0 Å². The molecule has 0 aromatic rings. The lowest BCUT2D eigenvalue weighted by Crippen LogP contribution is -2.47. The number of esters is 1. The predicted octanol–water partition coefficient (Wildman–Crippen LogP) is 8.20. The standard InChI is InChI=1S/C40H66N2O7/c1-3-5-7-9-11-12-13-14-15-16-17-18-20-22-28-32-39(46)49-35(29-25-21-19-10-8-6-4-2)30-26-23-24-27-31-37(44)41-33-38(45)42-36(34-43)40(47)48/h5,7,10-12,14-15,19,25,29,35-36,43H,3-4,6,8-9,13,16-18,20-24,26-28,30-34H2,1-2H3,(H,41,44)(H,42,45)(H,47,48)/b7-5-,12-11-,15-14-,19-10-,29-25-. The third-order valence-electron chi connectivity index (χ3n) is 7.73. The Labute approximate surface area is 296 Å². The molecule has 0 spiro atoms. The van der Waals surface area contributed by atoms with Gasteiger partial charge in [0, 0.05) is 12.8 Å². The molecular formula is C40H66N2O7. The molecule has 2 atom stereocenters. The molecule has 49 heavy (non-hydrogen) atoms. The molecule has 0 radical (unpaired) electrons. The fourth-order valence-corrected chi connectivity index (χ4v) is 4.84. The van der Waals surface area contributed by atoms with Crippen molar-refractivity contribution in [2.75, 3.05) is 13.2 Å². The maximum Gasteiger partial charge on any atom is 0.328 e. The molecular weight excluding hydrogens is 620 g/mol. The van der Waals surface area contributed by atoms with E-state index in [1.165, 1.54) is 25.7 Å². The zero-order valence-electron chi connectivity index (χ0n) is 30.4. The van der Waals surface area contributed by atoms with Crippen molar-refractivity contribution in [2.45, 2.75) is 154 Å². The molecule has 0 heterocycles. The number of aliphatic hydroxyl groups excluding tert-OH is 1. The molecule has 0 aliphatic rings. The molecule has 4 N–H and O–H groups in total. The summed E-state index contributed by atoms with van der Waals surface area (Å²) in [5.74, 6) is -2.46. The number of carboxylic acid groups (broad SMARTS) is 1. The number of hydrogen-bond donors (Lipinski definition) is 4. The van der Waals surface area contributed by atoms with Crippen molar-refractivity contribution in [1.29, 1.82) is 0 Å². The van der Waals surface area contributed by atoms with Gasteiger partial charge in [-0.1, -0.05) is 113 Å². The van der Waals surface area contributed by atoms with E-state index in [1.807, 2.05) is 6.08 Å². The lowest BCUT2D eigenvalue weighted by molar-refractivity contribution is -0.147. The van der Waals surface area contributed by atoms with Crippen LogP contribution in [0.4, 0.5) is 0 Å². The molecule has 0 aliphatic carbocycles. The summed E-state index contributed by atoms with van der Waals surface area (Å²) in [4.78, 5) is 47.3. The van der Waals surface area contributed by atoms with E-state index in [4.69, 9.17) is 14.9 Å². The van der Waals surface area contributed by atoms with E-state index in [2.05, 4.69) is 79.2 Å². The molecule has 0 rings (SSSR count). The molecule has 0 saturated carbocycles. The van der Waals surface area contributed by atoms with E-state index < -0.39 is 24.5 Å². The first-order valence-electron chi connectivity index (χ1n) is 18.7. The summed E-state index contributed by atoms with van der Waals surface area (Å²) in [6.07, 6.45) is 39.8. The van der Waals surface area contributed by atoms with E-state index in [-0.39, 0.29) is 30.9 Å². The number of rotatable bonds is 32. The monoisotopic (exact) mass is 686 g/mol. The summed E-state index contributed by atoms with van der Waals surface area (Å²) in [5, 5.41) is 22.5. The highest BCUT2D eigenvalue weighted by molar-refractivity contribution is 5.87.